The van der Waals surface area contributed by atoms with Gasteiger partial charge in [-0.3, -0.25) is 16.3 Å². The van der Waals surface area contributed by atoms with Crippen LogP contribution in [-0.2, 0) is 9.59 Å². The van der Waals surface area contributed by atoms with Crippen LogP contribution in [0.25, 0.3) is 0 Å². The van der Waals surface area contributed by atoms with E-state index in [9.17, 15) is 9.59 Å². The fourth-order valence-electron chi connectivity index (χ4n) is 0.151. The summed E-state index contributed by atoms with van der Waals surface area (Å²) < 4.78 is 0. The number of carbonyl (C=O) groups is 2. The first-order chi connectivity index (χ1) is 3.89. The number of carboxylic acids is 1. The zero-order valence-electron chi connectivity index (χ0n) is 4.92. The van der Waals surface area contributed by atoms with Gasteiger partial charge in [0.1, 0.15) is 0 Å². The number of hydrogen-bond donors (Lipinski definition) is 3. The molecule has 0 aromatic carbocycles. The maximum atomic E-state index is 10.3. The molecule has 0 amide bonds. The Morgan fingerprint density at radius 2 is 1.78 bits per heavy atom. The highest BCUT2D eigenvalue weighted by atomic mass is 16.4. The quantitative estimate of drug-likeness (QED) is 0.306. The molecule has 0 unspecified atom stereocenters. The molecule has 52 valence electrons. The molecule has 0 saturated carbocycles. The number of aliphatic carboxylic acids is 1. The van der Waals surface area contributed by atoms with Crippen molar-refractivity contribution in [3.05, 3.63) is 0 Å². The molecule has 0 heterocycles. The Balaban J connectivity index is 4.38. The highest BCUT2D eigenvalue weighted by molar-refractivity contribution is 6.05. The minimum Gasteiger partial charge on any atom is -0.479 e. The average Bonchev–Trinajstić information content (AvgIpc) is 1.65. The van der Waals surface area contributed by atoms with Crippen LogP contribution in [0.5, 0.6) is 0 Å². The van der Waals surface area contributed by atoms with Gasteiger partial charge in [-0.15, -0.1) is 0 Å². The van der Waals surface area contributed by atoms with Crippen molar-refractivity contribution >= 4 is 11.8 Å². The molecule has 5 nitrogen and oxygen atoms in total. The van der Waals surface area contributed by atoms with Crippen LogP contribution in [0.15, 0.2) is 0 Å². The van der Waals surface area contributed by atoms with Gasteiger partial charge in [-0.25, -0.2) is 4.79 Å². The number of hydrogen-bond acceptors (Lipinski definition) is 4. The second-order valence-corrected chi connectivity index (χ2v) is 1.73. The lowest BCUT2D eigenvalue weighted by Crippen LogP contribution is -2.61. The number of ketones is 1. The summed E-state index contributed by atoms with van der Waals surface area (Å²) in [6, 6.07) is 0. The van der Waals surface area contributed by atoms with E-state index < -0.39 is 17.4 Å². The predicted octanol–water partition coefficient (Wildman–Crippen LogP) is -1.73. The molecule has 5 N–H and O–H groups in total. The standard InChI is InChI=1S/C4H8N2O3/c1-2(7)4(5,6)3(8)9/h5-6H2,1H3,(H,8,9). The number of nitrogens with two attached hydrogens (primary N) is 2. The molecule has 0 spiro atoms. The van der Waals surface area contributed by atoms with Crippen LogP contribution in [0.3, 0.4) is 0 Å². The van der Waals surface area contributed by atoms with E-state index >= 15 is 0 Å². The highest BCUT2D eigenvalue weighted by Crippen LogP contribution is 1.90. The summed E-state index contributed by atoms with van der Waals surface area (Å²) in [6.07, 6.45) is 0. The van der Waals surface area contributed by atoms with Crippen molar-refractivity contribution in [3.8, 4) is 0 Å². The molecule has 0 aliphatic carbocycles. The molecule has 9 heavy (non-hydrogen) atoms. The molecule has 0 aliphatic rings. The Kier molecular flexibility index (Phi) is 1.90. The summed E-state index contributed by atoms with van der Waals surface area (Å²) >= 11 is 0. The number of Topliss-reactive ketones (excluding diaryl/α,β-unsaturated/α-hetero) is 1. The van der Waals surface area contributed by atoms with Crippen LogP contribution >= 0.6 is 0 Å². The second-order valence-electron chi connectivity index (χ2n) is 1.73. The summed E-state index contributed by atoms with van der Waals surface area (Å²) in [5, 5.41) is 8.14. The summed E-state index contributed by atoms with van der Waals surface area (Å²) in [4.78, 5) is 20.3. The first kappa shape index (κ1) is 8.06. The Hall–Kier alpha value is -0.940. The van der Waals surface area contributed by atoms with Gasteiger partial charge in [-0.1, -0.05) is 0 Å². The molecular formula is C4H8N2O3. The Morgan fingerprint density at radius 3 is 1.78 bits per heavy atom. The van der Waals surface area contributed by atoms with Crippen LogP contribution in [0.2, 0.25) is 0 Å². The lowest BCUT2D eigenvalue weighted by Gasteiger charge is -2.13. The second kappa shape index (κ2) is 2.12. The first-order valence-corrected chi connectivity index (χ1v) is 2.21. The minimum absolute atomic E-state index is 0.769. The van der Waals surface area contributed by atoms with Gasteiger partial charge >= 0.3 is 5.97 Å². The summed E-state index contributed by atoms with van der Waals surface area (Å²) in [6.45, 7) is 1.02. The normalized spacial score (nSPS) is 11.0. The third-order valence-electron chi connectivity index (χ3n) is 0.936. The van der Waals surface area contributed by atoms with E-state index in [1.807, 2.05) is 0 Å². The maximum absolute atomic E-state index is 10.3. The molecule has 0 rings (SSSR count). The molecule has 0 aromatic rings. The van der Waals surface area contributed by atoms with Crippen molar-refractivity contribution in [3.63, 3.8) is 0 Å². The topological polar surface area (TPSA) is 106 Å². The number of carbonyl (C=O) groups excluding carboxylic acids is 1. The lowest BCUT2D eigenvalue weighted by atomic mass is 10.1. The third kappa shape index (κ3) is 1.48. The van der Waals surface area contributed by atoms with Crippen LogP contribution in [0, 0.1) is 0 Å². The zero-order valence-corrected chi connectivity index (χ0v) is 4.92. The largest absolute Gasteiger partial charge is 0.479 e. The van der Waals surface area contributed by atoms with Gasteiger partial charge in [0.15, 0.2) is 5.78 Å². The molecule has 0 atom stereocenters. The van der Waals surface area contributed by atoms with Crippen molar-refractivity contribution in [1.29, 1.82) is 0 Å². The number of carboxylic acid groups (broad SMARTS) is 1. The maximum Gasteiger partial charge on any atom is 0.346 e. The van der Waals surface area contributed by atoms with Gasteiger partial charge in [-0.05, 0) is 6.92 Å². The van der Waals surface area contributed by atoms with Gasteiger partial charge in [0.2, 0.25) is 5.66 Å². The van der Waals surface area contributed by atoms with Crippen molar-refractivity contribution in [2.75, 3.05) is 0 Å². The monoisotopic (exact) mass is 132 g/mol. The molecule has 5 heteroatoms. The molecule has 0 radical (unpaired) electrons. The third-order valence-corrected chi connectivity index (χ3v) is 0.936. The van der Waals surface area contributed by atoms with Gasteiger partial charge in [0.25, 0.3) is 0 Å². The lowest BCUT2D eigenvalue weighted by molar-refractivity contribution is -0.147. The Labute approximate surface area is 51.6 Å². The molecule has 0 aromatic heterocycles. The molecular weight excluding hydrogens is 124 g/mol. The van der Waals surface area contributed by atoms with E-state index in [1.165, 1.54) is 0 Å². The van der Waals surface area contributed by atoms with E-state index in [-0.39, 0.29) is 0 Å². The van der Waals surface area contributed by atoms with Gasteiger partial charge in [0.05, 0.1) is 0 Å². The Bertz CT molecular complexity index is 136. The first-order valence-electron chi connectivity index (χ1n) is 2.21. The van der Waals surface area contributed by atoms with Crippen molar-refractivity contribution in [1.82, 2.24) is 0 Å². The fourth-order valence-corrected chi connectivity index (χ4v) is 0.151. The highest BCUT2D eigenvalue weighted by Gasteiger charge is 2.33. The minimum atomic E-state index is -2.22. The van der Waals surface area contributed by atoms with Crippen LogP contribution in [0.4, 0.5) is 0 Å². The fraction of sp³-hybridized carbons (Fsp3) is 0.500. The zero-order chi connectivity index (χ0) is 7.65. The average molecular weight is 132 g/mol. The van der Waals surface area contributed by atoms with Gasteiger partial charge < -0.3 is 5.11 Å². The predicted molar refractivity (Wildman–Crippen MR) is 29.4 cm³/mol. The molecule has 0 fully saturated rings. The van der Waals surface area contributed by atoms with Crippen molar-refractivity contribution in [2.45, 2.75) is 12.6 Å². The van der Waals surface area contributed by atoms with Crippen molar-refractivity contribution in [2.24, 2.45) is 11.5 Å². The van der Waals surface area contributed by atoms with Crippen LogP contribution in [0.1, 0.15) is 6.92 Å². The van der Waals surface area contributed by atoms with Gasteiger partial charge in [-0.2, -0.15) is 0 Å². The van der Waals surface area contributed by atoms with Crippen LogP contribution in [-0.4, -0.2) is 22.5 Å². The van der Waals surface area contributed by atoms with E-state index in [1.54, 1.807) is 0 Å². The Morgan fingerprint density at radius 1 is 1.44 bits per heavy atom. The summed E-state index contributed by atoms with van der Waals surface area (Å²) in [5.41, 5.74) is 7.44. The van der Waals surface area contributed by atoms with Crippen molar-refractivity contribution < 1.29 is 14.7 Å². The van der Waals surface area contributed by atoms with Crippen LogP contribution < -0.4 is 11.5 Å². The molecule has 0 aliphatic heterocycles. The number of rotatable bonds is 2. The van der Waals surface area contributed by atoms with E-state index in [4.69, 9.17) is 16.6 Å². The van der Waals surface area contributed by atoms with E-state index in [0.29, 0.717) is 0 Å². The van der Waals surface area contributed by atoms with E-state index in [0.717, 1.165) is 6.92 Å². The molecule has 0 saturated heterocycles. The SMILES string of the molecule is CC(=O)C(N)(N)C(=O)O. The van der Waals surface area contributed by atoms with Gasteiger partial charge in [0, 0.05) is 0 Å². The molecule has 0 bridgehead atoms. The summed E-state index contributed by atoms with van der Waals surface area (Å²) in [7, 11) is 0. The summed E-state index contributed by atoms with van der Waals surface area (Å²) in [5.74, 6) is -2.29. The van der Waals surface area contributed by atoms with E-state index in [2.05, 4.69) is 0 Å². The smallest absolute Gasteiger partial charge is 0.346 e.